The van der Waals surface area contributed by atoms with Crippen LogP contribution in [0.25, 0.3) is 0 Å². The molecular weight excluding hydrogens is 1100 g/mol. The Kier molecular flexibility index (Phi) is 19.1. The van der Waals surface area contributed by atoms with Gasteiger partial charge in [-0.1, -0.05) is 95.0 Å². The third-order valence-electron chi connectivity index (χ3n) is 12.8. The average Bonchev–Trinajstić information content (AvgIpc) is 3.43. The number of Topliss-reactive ketones (excluding diaryl/α,β-unsaturated/α-hetero) is 4. The van der Waals surface area contributed by atoms with Crippen LogP contribution in [0.5, 0.6) is 11.5 Å². The SMILES string of the molecule is CC(=O)C(N=Nc1cc(C(=O)Cc2cc(C(F)(F)F)ccc2Cc2ccc(C(F)(F)F)cc2)ccc1Cl)=C(O)Cc1ccc(CC(O)=C(N=Nc2cc(C(=O)Cc3cc(C)ccc3Oc3ccc(C)cc3)ccc2Cl)C(C)=O)c(C)c1. The third-order valence-corrected chi connectivity index (χ3v) is 13.4. The summed E-state index contributed by atoms with van der Waals surface area (Å²) in [5.74, 6) is -2.03. The van der Waals surface area contributed by atoms with Crippen LogP contribution >= 0.6 is 23.2 Å². The monoisotopic (exact) mass is 1150 g/mol. The molecular formula is C62H50Cl2F6N4O7. The highest BCUT2D eigenvalue weighted by Crippen LogP contribution is 2.36. The topological polar surface area (TPSA) is 167 Å². The summed E-state index contributed by atoms with van der Waals surface area (Å²) < 4.78 is 87.1. The number of nitrogens with zero attached hydrogens (tertiary/aromatic N) is 4. The van der Waals surface area contributed by atoms with Gasteiger partial charge in [0.2, 0.25) is 0 Å². The minimum atomic E-state index is -4.76. The van der Waals surface area contributed by atoms with Crippen LogP contribution in [0.3, 0.4) is 0 Å². The first-order chi connectivity index (χ1) is 38.2. The zero-order valence-corrected chi connectivity index (χ0v) is 45.6. The molecule has 7 aromatic carbocycles. The lowest BCUT2D eigenvalue weighted by atomic mass is 9.92. The normalized spacial score (nSPS) is 12.6. The van der Waals surface area contributed by atoms with Gasteiger partial charge in [-0.25, -0.2) is 0 Å². The van der Waals surface area contributed by atoms with Crippen LogP contribution in [0.1, 0.15) is 95.8 Å². The summed E-state index contributed by atoms with van der Waals surface area (Å²) in [6.45, 7) is 7.92. The van der Waals surface area contributed by atoms with Gasteiger partial charge in [0.1, 0.15) is 34.4 Å². The molecule has 7 rings (SSSR count). The lowest BCUT2D eigenvalue weighted by molar-refractivity contribution is -0.138. The summed E-state index contributed by atoms with van der Waals surface area (Å²) in [5.41, 5.74) is 2.34. The fourth-order valence-corrected chi connectivity index (χ4v) is 8.71. The summed E-state index contributed by atoms with van der Waals surface area (Å²) in [6, 6.07) is 33.2. The Labute approximate surface area is 472 Å². The van der Waals surface area contributed by atoms with Crippen LogP contribution in [0.2, 0.25) is 10.0 Å². The van der Waals surface area contributed by atoms with Crippen molar-refractivity contribution >= 4 is 57.7 Å². The van der Waals surface area contributed by atoms with Crippen molar-refractivity contribution in [2.45, 2.75) is 79.1 Å². The Morgan fingerprint density at radius 3 is 1.52 bits per heavy atom. The molecule has 0 aliphatic heterocycles. The van der Waals surface area contributed by atoms with Crippen LogP contribution in [-0.4, -0.2) is 33.3 Å². The molecule has 0 atom stereocenters. The van der Waals surface area contributed by atoms with E-state index in [9.17, 15) is 55.7 Å². The molecule has 0 aliphatic carbocycles. The van der Waals surface area contributed by atoms with Crippen molar-refractivity contribution in [2.75, 3.05) is 0 Å². The van der Waals surface area contributed by atoms with Crippen molar-refractivity contribution in [3.63, 3.8) is 0 Å². The Hall–Kier alpha value is -8.54. The number of carbonyl (C=O) groups is 4. The molecule has 0 amide bonds. The number of carbonyl (C=O) groups excluding carboxylic acids is 4. The minimum Gasteiger partial charge on any atom is -0.509 e. The number of hydrogen-bond donors (Lipinski definition) is 2. The van der Waals surface area contributed by atoms with E-state index in [1.54, 1.807) is 37.3 Å². The predicted molar refractivity (Wildman–Crippen MR) is 295 cm³/mol. The summed E-state index contributed by atoms with van der Waals surface area (Å²) >= 11 is 12.9. The fraction of sp³-hybridized carbons (Fsp3) is 0.194. The number of rotatable bonds is 20. The Morgan fingerprint density at radius 2 is 0.988 bits per heavy atom. The van der Waals surface area contributed by atoms with Crippen LogP contribution in [0, 0.1) is 20.8 Å². The van der Waals surface area contributed by atoms with Crippen LogP contribution < -0.4 is 4.74 Å². The molecule has 0 saturated carbocycles. The molecule has 2 N–H and O–H groups in total. The maximum atomic E-state index is 13.8. The molecule has 81 heavy (non-hydrogen) atoms. The molecule has 0 bridgehead atoms. The van der Waals surface area contributed by atoms with Gasteiger partial charge < -0.3 is 14.9 Å². The van der Waals surface area contributed by atoms with E-state index in [0.29, 0.717) is 39.3 Å². The van der Waals surface area contributed by atoms with E-state index in [4.69, 9.17) is 27.9 Å². The molecule has 11 nitrogen and oxygen atoms in total. The number of aryl methyl sites for hydroxylation is 3. The molecule has 0 heterocycles. The zero-order valence-electron chi connectivity index (χ0n) is 44.1. The van der Waals surface area contributed by atoms with Crippen LogP contribution in [0.15, 0.2) is 183 Å². The molecule has 416 valence electrons. The number of ketones is 4. The number of hydrogen-bond acceptors (Lipinski definition) is 11. The fourth-order valence-electron chi connectivity index (χ4n) is 8.40. The molecule has 0 fully saturated rings. The lowest BCUT2D eigenvalue weighted by Gasteiger charge is -2.14. The quantitative estimate of drug-likeness (QED) is 0.0252. The number of benzene rings is 7. The van der Waals surface area contributed by atoms with Crippen LogP contribution in [-0.2, 0) is 54.0 Å². The minimum absolute atomic E-state index is 0.0124. The van der Waals surface area contributed by atoms with Gasteiger partial charge in [-0.3, -0.25) is 19.2 Å². The van der Waals surface area contributed by atoms with E-state index >= 15 is 0 Å². The molecule has 0 aromatic heterocycles. The van der Waals surface area contributed by atoms with Crippen molar-refractivity contribution in [3.8, 4) is 11.5 Å². The Morgan fingerprint density at radius 1 is 0.494 bits per heavy atom. The number of azo groups is 2. The van der Waals surface area contributed by atoms with Crippen molar-refractivity contribution in [1.82, 2.24) is 0 Å². The number of ether oxygens (including phenoxy) is 1. The first-order valence-corrected chi connectivity index (χ1v) is 25.6. The highest BCUT2D eigenvalue weighted by molar-refractivity contribution is 6.33. The largest absolute Gasteiger partial charge is 0.509 e. The van der Waals surface area contributed by atoms with Gasteiger partial charge in [-0.2, -0.15) is 26.3 Å². The summed E-state index contributed by atoms with van der Waals surface area (Å²) in [6.07, 6.45) is -10.4. The number of allylic oxidation sites excluding steroid dienone is 4. The first-order valence-electron chi connectivity index (χ1n) is 24.8. The van der Waals surface area contributed by atoms with Gasteiger partial charge in [0.05, 0.1) is 21.2 Å². The molecule has 19 heteroatoms. The number of aliphatic hydroxyl groups excluding tert-OH is 2. The standard InChI is InChI=1S/C62H50Cl2F6N4O7/c1-34-6-19-49(20-7-34)81-58-23-8-35(2)24-46(58)33-55(78)44-15-22-51(64)53(30-44)72-74-60(38(5)76)57(80)31-41-12-9-40(25-36(41)3)27-56(79)59(37(4)75)73-71-52-29-43(14-21-50(52)63)54(77)32-45-28-48(62(68,69)70)18-13-42(45)26-39-10-16-47(17-11-39)61(65,66)67/h6-25,28-30,79-80H,26-27,31-33H2,1-5H3. The van der Waals surface area contributed by atoms with Gasteiger partial charge in [0, 0.05) is 56.2 Å². The third kappa shape index (κ3) is 16.1. The number of aliphatic hydroxyl groups is 2. The molecule has 0 radical (unpaired) electrons. The van der Waals surface area contributed by atoms with Gasteiger partial charge >= 0.3 is 12.4 Å². The summed E-state index contributed by atoms with van der Waals surface area (Å²) in [5, 5.41) is 38.8. The van der Waals surface area contributed by atoms with Crippen LogP contribution in [0.4, 0.5) is 37.7 Å². The summed E-state index contributed by atoms with van der Waals surface area (Å²) in [7, 11) is 0. The Balaban J connectivity index is 1.04. The van der Waals surface area contributed by atoms with Crippen molar-refractivity contribution < 1.29 is 60.5 Å². The van der Waals surface area contributed by atoms with Crippen molar-refractivity contribution in [2.24, 2.45) is 20.5 Å². The van der Waals surface area contributed by atoms with Gasteiger partial charge in [-0.05, 0) is 139 Å². The molecule has 0 saturated heterocycles. The highest BCUT2D eigenvalue weighted by atomic mass is 35.5. The molecule has 0 spiro atoms. The van der Waals surface area contributed by atoms with Gasteiger partial charge in [-0.15, -0.1) is 20.5 Å². The molecule has 0 unspecified atom stereocenters. The second-order valence-corrected chi connectivity index (χ2v) is 19.9. The van der Waals surface area contributed by atoms with E-state index in [1.165, 1.54) is 55.5 Å². The zero-order chi connectivity index (χ0) is 58.9. The average molecular weight is 1150 g/mol. The second kappa shape index (κ2) is 25.7. The predicted octanol–water partition coefficient (Wildman–Crippen LogP) is 17.6. The maximum absolute atomic E-state index is 13.8. The smallest absolute Gasteiger partial charge is 0.416 e. The highest BCUT2D eigenvalue weighted by Gasteiger charge is 2.32. The van der Waals surface area contributed by atoms with E-state index in [-0.39, 0.29) is 80.8 Å². The molecule has 7 aromatic rings. The van der Waals surface area contributed by atoms with Gasteiger partial charge in [0.25, 0.3) is 0 Å². The van der Waals surface area contributed by atoms with Gasteiger partial charge in [0.15, 0.2) is 34.5 Å². The van der Waals surface area contributed by atoms with Crippen molar-refractivity contribution in [3.05, 3.63) is 245 Å². The van der Waals surface area contributed by atoms with E-state index in [2.05, 4.69) is 20.5 Å². The maximum Gasteiger partial charge on any atom is 0.416 e. The van der Waals surface area contributed by atoms with Crippen molar-refractivity contribution in [1.29, 1.82) is 0 Å². The first kappa shape index (κ1) is 60.1. The number of halogens is 8. The second-order valence-electron chi connectivity index (χ2n) is 19.1. The lowest BCUT2D eigenvalue weighted by Crippen LogP contribution is -2.11. The molecule has 0 aliphatic rings. The van der Waals surface area contributed by atoms with E-state index in [1.807, 2.05) is 50.2 Å². The Bertz CT molecular complexity index is 3700. The van der Waals surface area contributed by atoms with E-state index < -0.39 is 64.5 Å². The number of alkyl halides is 6. The van der Waals surface area contributed by atoms with E-state index in [0.717, 1.165) is 42.3 Å². The summed E-state index contributed by atoms with van der Waals surface area (Å²) in [4.78, 5) is 53.0.